The molecule has 1 N–H and O–H groups in total. The van der Waals surface area contributed by atoms with Crippen molar-refractivity contribution in [3.05, 3.63) is 94.5 Å². The number of nitrogens with zero attached hydrogens (tertiary/aromatic N) is 1. The van der Waals surface area contributed by atoms with Crippen molar-refractivity contribution in [1.82, 2.24) is 10.2 Å². The van der Waals surface area contributed by atoms with Crippen molar-refractivity contribution in [2.75, 3.05) is 32.8 Å². The van der Waals surface area contributed by atoms with Gasteiger partial charge in [0.2, 0.25) is 0 Å². The first-order chi connectivity index (χ1) is 19.0. The van der Waals surface area contributed by atoms with Gasteiger partial charge in [0.1, 0.15) is 18.1 Å². The summed E-state index contributed by atoms with van der Waals surface area (Å²) in [6.45, 7) is 8.81. The van der Waals surface area contributed by atoms with E-state index in [0.717, 1.165) is 59.9 Å². The van der Waals surface area contributed by atoms with Crippen LogP contribution in [-0.4, -0.2) is 55.9 Å². The van der Waals surface area contributed by atoms with Crippen LogP contribution in [0.2, 0.25) is 5.02 Å². The van der Waals surface area contributed by atoms with Gasteiger partial charge in [0.25, 0.3) is 0 Å². The molecular formula is C32H37ClN2O4. The van der Waals surface area contributed by atoms with Gasteiger partial charge in [-0.2, -0.15) is 0 Å². The molecule has 39 heavy (non-hydrogen) atoms. The van der Waals surface area contributed by atoms with E-state index >= 15 is 0 Å². The van der Waals surface area contributed by atoms with E-state index in [2.05, 4.69) is 22.3 Å². The van der Waals surface area contributed by atoms with E-state index in [0.29, 0.717) is 31.4 Å². The van der Waals surface area contributed by atoms with Crippen molar-refractivity contribution < 1.29 is 19.0 Å². The second-order valence-electron chi connectivity index (χ2n) is 10.4. The molecule has 7 heteroatoms. The number of para-hydroxylation sites is 1. The smallest absolute Gasteiger partial charge is 0.347 e. The lowest BCUT2D eigenvalue weighted by Crippen LogP contribution is -2.33. The molecule has 206 valence electrons. The normalized spacial score (nSPS) is 20.7. The number of aryl methyl sites for hydroxylation is 1. The molecule has 3 aromatic rings. The Morgan fingerprint density at radius 1 is 1.00 bits per heavy atom. The maximum Gasteiger partial charge on any atom is 0.347 e. The van der Waals surface area contributed by atoms with Crippen LogP contribution in [0.3, 0.4) is 0 Å². The van der Waals surface area contributed by atoms with Crippen LogP contribution in [0.4, 0.5) is 0 Å². The molecule has 5 rings (SSSR count). The van der Waals surface area contributed by atoms with Crippen LogP contribution in [0.1, 0.15) is 23.6 Å². The third kappa shape index (κ3) is 7.33. The van der Waals surface area contributed by atoms with Crippen molar-refractivity contribution >= 4 is 17.6 Å². The Morgan fingerprint density at radius 2 is 1.69 bits per heavy atom. The molecule has 0 radical (unpaired) electrons. The number of likely N-dealkylation sites (tertiary alicyclic amines) is 1. The number of nitrogens with one attached hydrogen (secondary N) is 1. The number of esters is 1. The van der Waals surface area contributed by atoms with E-state index in [-0.39, 0.29) is 5.97 Å². The standard InChI is InChI=1S/C32H37ClN2O4/c1-3-37-32(36)30(39-29-7-5-4-6-22(29)2)18-23-10-14-26(15-11-23)38-17-16-34-31-27-20-35(21-28(27)31)19-24-8-12-25(33)13-9-24/h4-15,27-28,30-31,34H,3,16-21H2,1-2H3/t27-,28?,30-,31?/m0/s1. The Labute approximate surface area is 236 Å². The Hall–Kier alpha value is -3.06. The lowest BCUT2D eigenvalue weighted by atomic mass is 10.1. The highest BCUT2D eigenvalue weighted by molar-refractivity contribution is 6.30. The van der Waals surface area contributed by atoms with Crippen LogP contribution in [0.25, 0.3) is 0 Å². The van der Waals surface area contributed by atoms with Crippen LogP contribution in [0.5, 0.6) is 11.5 Å². The number of hydrogen-bond donors (Lipinski definition) is 1. The first-order valence-electron chi connectivity index (χ1n) is 13.8. The van der Waals surface area contributed by atoms with E-state index in [1.165, 1.54) is 5.56 Å². The largest absolute Gasteiger partial charge is 0.492 e. The number of carbonyl (C=O) groups is 1. The van der Waals surface area contributed by atoms with Gasteiger partial charge in [-0.25, -0.2) is 4.79 Å². The summed E-state index contributed by atoms with van der Waals surface area (Å²) in [5, 5.41) is 4.46. The van der Waals surface area contributed by atoms with Crippen LogP contribution >= 0.6 is 11.6 Å². The molecule has 4 atom stereocenters. The maximum absolute atomic E-state index is 12.6. The van der Waals surface area contributed by atoms with Gasteiger partial charge in [-0.15, -0.1) is 0 Å². The quantitative estimate of drug-likeness (QED) is 0.231. The molecule has 0 aromatic heterocycles. The Balaban J connectivity index is 1.03. The second kappa shape index (κ2) is 12.9. The minimum atomic E-state index is -0.706. The summed E-state index contributed by atoms with van der Waals surface area (Å²) in [5.41, 5.74) is 3.29. The average molecular weight is 549 g/mol. The number of ether oxygens (including phenoxy) is 3. The highest BCUT2D eigenvalue weighted by atomic mass is 35.5. The van der Waals surface area contributed by atoms with Crippen molar-refractivity contribution in [3.8, 4) is 11.5 Å². The van der Waals surface area contributed by atoms with Gasteiger partial charge in [0.15, 0.2) is 6.10 Å². The fourth-order valence-corrected chi connectivity index (χ4v) is 5.60. The van der Waals surface area contributed by atoms with Crippen LogP contribution in [0.15, 0.2) is 72.8 Å². The van der Waals surface area contributed by atoms with E-state index < -0.39 is 6.10 Å². The summed E-state index contributed by atoms with van der Waals surface area (Å²) < 4.78 is 17.3. The summed E-state index contributed by atoms with van der Waals surface area (Å²) in [6, 6.07) is 24.3. The van der Waals surface area contributed by atoms with Gasteiger partial charge in [-0.3, -0.25) is 4.90 Å². The number of fused-ring (bicyclic) bond motifs is 1. The molecule has 2 aliphatic rings. The number of benzene rings is 3. The molecule has 0 bridgehead atoms. The minimum absolute atomic E-state index is 0.317. The van der Waals surface area contributed by atoms with Gasteiger partial charge >= 0.3 is 5.97 Å². The molecule has 3 aromatic carbocycles. The molecule has 0 spiro atoms. The molecule has 1 saturated heterocycles. The highest BCUT2D eigenvalue weighted by Gasteiger charge is 2.55. The van der Waals surface area contributed by atoms with Gasteiger partial charge in [0.05, 0.1) is 6.61 Å². The number of carbonyl (C=O) groups excluding carboxylic acids is 1. The summed E-state index contributed by atoms with van der Waals surface area (Å²) in [5.74, 6) is 2.64. The topological polar surface area (TPSA) is 60.0 Å². The van der Waals surface area contributed by atoms with Crippen LogP contribution < -0.4 is 14.8 Å². The number of piperidine rings is 1. The van der Waals surface area contributed by atoms with Crippen LogP contribution in [0, 0.1) is 18.8 Å². The molecule has 1 heterocycles. The molecule has 2 fully saturated rings. The first-order valence-corrected chi connectivity index (χ1v) is 14.2. The Bertz CT molecular complexity index is 1220. The molecule has 0 amide bonds. The van der Waals surface area contributed by atoms with Crippen molar-refractivity contribution in [1.29, 1.82) is 0 Å². The van der Waals surface area contributed by atoms with Gasteiger partial charge in [0, 0.05) is 43.7 Å². The number of halogens is 1. The zero-order chi connectivity index (χ0) is 27.2. The number of hydrogen-bond acceptors (Lipinski definition) is 6. The summed E-state index contributed by atoms with van der Waals surface area (Å²) in [6.07, 6.45) is -0.281. The van der Waals surface area contributed by atoms with Crippen molar-refractivity contribution in [3.63, 3.8) is 0 Å². The van der Waals surface area contributed by atoms with Crippen molar-refractivity contribution in [2.45, 2.75) is 39.0 Å². The summed E-state index contributed by atoms with van der Waals surface area (Å²) in [7, 11) is 0. The van der Waals surface area contributed by atoms with E-state index in [1.807, 2.05) is 67.6 Å². The fraction of sp³-hybridized carbons (Fsp3) is 0.406. The Morgan fingerprint density at radius 3 is 2.38 bits per heavy atom. The predicted molar refractivity (Wildman–Crippen MR) is 153 cm³/mol. The minimum Gasteiger partial charge on any atom is -0.492 e. The van der Waals surface area contributed by atoms with E-state index in [9.17, 15) is 4.79 Å². The number of rotatable bonds is 13. The van der Waals surface area contributed by atoms with Gasteiger partial charge in [-0.1, -0.05) is 54.1 Å². The second-order valence-corrected chi connectivity index (χ2v) is 10.9. The Kier molecular flexibility index (Phi) is 9.07. The fourth-order valence-electron chi connectivity index (χ4n) is 5.47. The SMILES string of the molecule is CCOC(=O)[C@H](Cc1ccc(OCCNC2C3CN(Cc4ccc(Cl)cc4)C[C@@H]32)cc1)Oc1ccccc1C. The molecule has 1 aliphatic heterocycles. The zero-order valence-corrected chi connectivity index (χ0v) is 23.4. The molecule has 6 nitrogen and oxygen atoms in total. The monoisotopic (exact) mass is 548 g/mol. The van der Waals surface area contributed by atoms with Crippen LogP contribution in [-0.2, 0) is 22.5 Å². The zero-order valence-electron chi connectivity index (χ0n) is 22.6. The van der Waals surface area contributed by atoms with Crippen molar-refractivity contribution in [2.24, 2.45) is 11.8 Å². The maximum atomic E-state index is 12.6. The lowest BCUT2D eigenvalue weighted by molar-refractivity contribution is -0.151. The van der Waals surface area contributed by atoms with E-state index in [4.69, 9.17) is 25.8 Å². The molecule has 1 aliphatic carbocycles. The predicted octanol–water partition coefficient (Wildman–Crippen LogP) is 5.30. The van der Waals surface area contributed by atoms with Gasteiger partial charge < -0.3 is 19.5 Å². The van der Waals surface area contributed by atoms with Gasteiger partial charge in [-0.05, 0) is 72.7 Å². The average Bonchev–Trinajstić information content (AvgIpc) is 3.39. The third-order valence-electron chi connectivity index (χ3n) is 7.60. The molecule has 2 unspecified atom stereocenters. The molecular weight excluding hydrogens is 512 g/mol. The lowest BCUT2D eigenvalue weighted by Gasteiger charge is -2.20. The first kappa shape index (κ1) is 27.5. The third-order valence-corrected chi connectivity index (χ3v) is 7.85. The highest BCUT2D eigenvalue weighted by Crippen LogP contribution is 2.45. The van der Waals surface area contributed by atoms with E-state index in [1.54, 1.807) is 6.92 Å². The summed E-state index contributed by atoms with van der Waals surface area (Å²) in [4.78, 5) is 15.1. The molecule has 1 saturated carbocycles. The summed E-state index contributed by atoms with van der Waals surface area (Å²) >= 11 is 6.00.